The number of unbranched alkanes of at least 4 members (excludes halogenated alkanes) is 2. The lowest BCUT2D eigenvalue weighted by molar-refractivity contribution is -0.143. The number of hydrogen-bond donors (Lipinski definition) is 12. The maximum atomic E-state index is 13.0. The van der Waals surface area contributed by atoms with E-state index >= 15 is 0 Å². The van der Waals surface area contributed by atoms with Crippen LogP contribution in [0.3, 0.4) is 0 Å². The molecule has 21 nitrogen and oxygen atoms in total. The van der Waals surface area contributed by atoms with Gasteiger partial charge in [0, 0.05) is 12.8 Å². The second-order valence-electron chi connectivity index (χ2n) is 11.8. The van der Waals surface area contributed by atoms with Crippen molar-refractivity contribution in [3.05, 3.63) is 0 Å². The topological polar surface area (TPSA) is 365 Å². The van der Waals surface area contributed by atoms with Gasteiger partial charge < -0.3 is 64.4 Å². The first kappa shape index (κ1) is 46.1. The summed E-state index contributed by atoms with van der Waals surface area (Å²) < 4.78 is 0. The largest absolute Gasteiger partial charge is 0.481 e. The molecule has 0 bridgehead atoms. The number of rotatable bonds is 27. The van der Waals surface area contributed by atoms with Gasteiger partial charge in [-0.1, -0.05) is 0 Å². The molecule has 0 aliphatic carbocycles. The third-order valence-electron chi connectivity index (χ3n) is 7.37. The van der Waals surface area contributed by atoms with E-state index in [0.29, 0.717) is 38.8 Å². The number of carboxylic acids is 3. The second-order valence-corrected chi connectivity index (χ2v) is 11.8. The fourth-order valence-corrected chi connectivity index (χ4v) is 4.35. The van der Waals surface area contributed by atoms with E-state index < -0.39 is 109 Å². The highest BCUT2D eigenvalue weighted by Crippen LogP contribution is 2.05. The number of carboxylic acid groups (broad SMARTS) is 3. The minimum atomic E-state index is -1.52. The Morgan fingerprint density at radius 2 is 0.980 bits per heavy atom. The van der Waals surface area contributed by atoms with Gasteiger partial charge in [0.05, 0.1) is 12.6 Å². The number of hydrogen-bond acceptors (Lipinski definition) is 12. The van der Waals surface area contributed by atoms with Crippen molar-refractivity contribution >= 4 is 53.4 Å². The van der Waals surface area contributed by atoms with Crippen LogP contribution >= 0.6 is 0 Å². The molecule has 0 heterocycles. The number of nitrogens with two attached hydrogens (primary N) is 3. The molecule has 0 spiro atoms. The second kappa shape index (κ2) is 25.1. The van der Waals surface area contributed by atoms with Crippen molar-refractivity contribution in [2.45, 2.75) is 114 Å². The molecule has 0 radical (unpaired) electrons. The normalized spacial score (nSPS) is 14.3. The first-order chi connectivity index (χ1) is 23.9. The Balaban J connectivity index is 5.42. The highest BCUT2D eigenvalue weighted by Gasteiger charge is 2.29. The predicted octanol–water partition coefficient (Wildman–Crippen LogP) is -4.03. The van der Waals surface area contributed by atoms with Crippen LogP contribution < -0.4 is 49.1 Å². The molecule has 0 aromatic heterocycles. The lowest BCUT2D eigenvalue weighted by Crippen LogP contribution is -2.56. The quantitative estimate of drug-likeness (QED) is 0.0358. The zero-order chi connectivity index (χ0) is 39.1. The van der Waals surface area contributed by atoms with Crippen LogP contribution in [0.4, 0.5) is 0 Å². The van der Waals surface area contributed by atoms with Gasteiger partial charge in [0.2, 0.25) is 35.4 Å². The van der Waals surface area contributed by atoms with E-state index in [4.69, 9.17) is 27.4 Å². The van der Waals surface area contributed by atoms with Gasteiger partial charge in [0.15, 0.2) is 0 Å². The molecule has 0 unspecified atom stereocenters. The molecule has 0 aromatic carbocycles. The summed E-state index contributed by atoms with van der Waals surface area (Å²) in [5.74, 6) is -8.63. The van der Waals surface area contributed by atoms with Crippen molar-refractivity contribution in [3.8, 4) is 0 Å². The van der Waals surface area contributed by atoms with Gasteiger partial charge in [-0.3, -0.25) is 38.4 Å². The molecule has 290 valence electrons. The molecular weight excluding hydrogens is 678 g/mol. The Morgan fingerprint density at radius 1 is 0.529 bits per heavy atom. The monoisotopic (exact) mass is 731 g/mol. The van der Waals surface area contributed by atoms with Crippen molar-refractivity contribution < 1.29 is 58.5 Å². The first-order valence-corrected chi connectivity index (χ1v) is 16.5. The molecule has 0 fully saturated rings. The first-order valence-electron chi connectivity index (χ1n) is 16.5. The summed E-state index contributed by atoms with van der Waals surface area (Å²) in [6, 6.07) is -7.46. The smallest absolute Gasteiger partial charge is 0.326 e. The maximum absolute atomic E-state index is 13.0. The van der Waals surface area contributed by atoms with Crippen LogP contribution in [0.1, 0.15) is 78.1 Å². The van der Waals surface area contributed by atoms with Gasteiger partial charge in [0.1, 0.15) is 30.2 Å². The summed E-state index contributed by atoms with van der Waals surface area (Å²) in [5.41, 5.74) is 16.8. The number of carbonyl (C=O) groups is 9. The minimum Gasteiger partial charge on any atom is -0.481 e. The zero-order valence-corrected chi connectivity index (χ0v) is 28.9. The predicted molar refractivity (Wildman–Crippen MR) is 179 cm³/mol. The standard InChI is InChI=1S/C30H53N9O12/c1-16(35-27(47)18(33)9-11-23(41)42)25(45)38-19(7-3-5-13-31)28(48)34-15-22(40)37-20(8-4-6-14-32)29(49)36-17(2)26(46)39-21(30(50)51)10-12-24(43)44/h16-21H,3-15,31-33H2,1-2H3,(H,34,48)(H,35,47)(H,36,49)(H,37,40)(H,38,45)(H,39,46)(H,41,42)(H,43,44)(H,50,51)/t16-,17-,18-,19-,20-,21-/m0/s1. The van der Waals surface area contributed by atoms with Crippen molar-refractivity contribution in [2.75, 3.05) is 19.6 Å². The molecule has 21 heteroatoms. The summed E-state index contributed by atoms with van der Waals surface area (Å²) in [4.78, 5) is 110. The van der Waals surface area contributed by atoms with Crippen LogP contribution in [0.5, 0.6) is 0 Å². The molecule has 6 atom stereocenters. The van der Waals surface area contributed by atoms with Gasteiger partial charge in [-0.25, -0.2) is 4.79 Å². The van der Waals surface area contributed by atoms with Crippen molar-refractivity contribution in [2.24, 2.45) is 17.2 Å². The van der Waals surface area contributed by atoms with Crippen molar-refractivity contribution in [1.29, 1.82) is 0 Å². The van der Waals surface area contributed by atoms with Gasteiger partial charge in [0.25, 0.3) is 0 Å². The van der Waals surface area contributed by atoms with E-state index in [1.807, 2.05) is 0 Å². The van der Waals surface area contributed by atoms with Gasteiger partial charge in [-0.15, -0.1) is 0 Å². The third kappa shape index (κ3) is 20.4. The van der Waals surface area contributed by atoms with E-state index in [1.54, 1.807) is 0 Å². The molecule has 6 amide bonds. The lowest BCUT2D eigenvalue weighted by atomic mass is 10.1. The Labute approximate surface area is 294 Å². The average molecular weight is 732 g/mol. The van der Waals surface area contributed by atoms with E-state index in [9.17, 15) is 48.3 Å². The molecule has 51 heavy (non-hydrogen) atoms. The van der Waals surface area contributed by atoms with Crippen LogP contribution in [0.2, 0.25) is 0 Å². The van der Waals surface area contributed by atoms with Crippen molar-refractivity contribution in [3.63, 3.8) is 0 Å². The summed E-state index contributed by atoms with van der Waals surface area (Å²) in [6.07, 6.45) is 0.619. The molecule has 15 N–H and O–H groups in total. The van der Waals surface area contributed by atoms with Crippen LogP contribution in [0, 0.1) is 0 Å². The summed E-state index contributed by atoms with van der Waals surface area (Å²) in [7, 11) is 0. The number of aliphatic carboxylic acids is 3. The summed E-state index contributed by atoms with van der Waals surface area (Å²) >= 11 is 0. The Bertz CT molecular complexity index is 1220. The average Bonchev–Trinajstić information content (AvgIpc) is 3.06. The maximum Gasteiger partial charge on any atom is 0.326 e. The van der Waals surface area contributed by atoms with Gasteiger partial charge in [-0.05, 0) is 78.3 Å². The summed E-state index contributed by atoms with van der Waals surface area (Å²) in [6.45, 7) is 2.59. The van der Waals surface area contributed by atoms with Crippen molar-refractivity contribution in [1.82, 2.24) is 31.9 Å². The van der Waals surface area contributed by atoms with E-state index in [2.05, 4.69) is 31.9 Å². The Kier molecular flexibility index (Phi) is 22.7. The van der Waals surface area contributed by atoms with E-state index in [0.717, 1.165) is 0 Å². The van der Waals surface area contributed by atoms with E-state index in [1.165, 1.54) is 13.8 Å². The third-order valence-corrected chi connectivity index (χ3v) is 7.37. The molecule has 0 saturated heterocycles. The molecule has 0 rings (SSSR count). The SMILES string of the molecule is C[C@H](NC(=O)[C@H](CCCCN)NC(=O)CNC(=O)[C@H](CCCCN)NC(=O)[C@H](C)NC(=O)[C@@H](N)CCC(=O)O)C(=O)N[C@@H](CCC(=O)O)C(=O)O. The molecule has 0 saturated carbocycles. The highest BCUT2D eigenvalue weighted by atomic mass is 16.4. The Morgan fingerprint density at radius 3 is 1.45 bits per heavy atom. The number of nitrogens with one attached hydrogen (secondary N) is 6. The fraction of sp³-hybridized carbons (Fsp3) is 0.700. The number of amides is 6. The molecule has 0 aliphatic rings. The lowest BCUT2D eigenvalue weighted by Gasteiger charge is -2.23. The van der Waals surface area contributed by atoms with Gasteiger partial charge >= 0.3 is 17.9 Å². The van der Waals surface area contributed by atoms with E-state index in [-0.39, 0.29) is 25.7 Å². The number of carbonyl (C=O) groups excluding carboxylic acids is 6. The highest BCUT2D eigenvalue weighted by molar-refractivity contribution is 5.96. The minimum absolute atomic E-state index is 0.0920. The fourth-order valence-electron chi connectivity index (χ4n) is 4.35. The van der Waals surface area contributed by atoms with Crippen LogP contribution in [-0.2, 0) is 43.2 Å². The van der Waals surface area contributed by atoms with Crippen LogP contribution in [-0.4, -0.2) is 125 Å². The van der Waals surface area contributed by atoms with Crippen LogP contribution in [0.15, 0.2) is 0 Å². The van der Waals surface area contributed by atoms with Gasteiger partial charge in [-0.2, -0.15) is 0 Å². The molecule has 0 aromatic rings. The Hall–Kier alpha value is -4.89. The zero-order valence-electron chi connectivity index (χ0n) is 28.9. The molecular formula is C30H53N9O12. The van der Waals surface area contributed by atoms with Crippen LogP contribution in [0.25, 0.3) is 0 Å². The molecule has 0 aliphatic heterocycles. The summed E-state index contributed by atoms with van der Waals surface area (Å²) in [5, 5.41) is 41.1.